The quantitative estimate of drug-likeness (QED) is 0.539. The monoisotopic (exact) mass is 184 g/mol. The van der Waals surface area contributed by atoms with Crippen molar-refractivity contribution in [2.24, 2.45) is 5.41 Å². The fourth-order valence-electron chi connectivity index (χ4n) is 1.23. The summed E-state index contributed by atoms with van der Waals surface area (Å²) in [5.74, 6) is 0. The third-order valence-corrected chi connectivity index (χ3v) is 2.23. The first-order chi connectivity index (χ1) is 5.91. The maximum Gasteiger partial charge on any atom is 0.163 e. The molecule has 0 aromatic heterocycles. The predicted molar refractivity (Wildman–Crippen MR) is 53.5 cm³/mol. The smallest absolute Gasteiger partial charge is 0.163 e. The van der Waals surface area contributed by atoms with Gasteiger partial charge in [0.15, 0.2) is 6.29 Å². The lowest BCUT2D eigenvalue weighted by Gasteiger charge is -2.34. The Balaban J connectivity index is 2.54. The number of rotatable bonds is 0. The summed E-state index contributed by atoms with van der Waals surface area (Å²) >= 11 is 0. The zero-order valence-corrected chi connectivity index (χ0v) is 9.31. The maximum atomic E-state index is 5.64. The zero-order valence-electron chi connectivity index (χ0n) is 9.31. The molecule has 76 valence electrons. The van der Waals surface area contributed by atoms with Crippen LogP contribution in [-0.4, -0.2) is 19.5 Å². The lowest BCUT2D eigenvalue weighted by Crippen LogP contribution is -2.37. The van der Waals surface area contributed by atoms with Gasteiger partial charge in [-0.15, -0.1) is 0 Å². The summed E-state index contributed by atoms with van der Waals surface area (Å²) in [7, 11) is 0. The number of ether oxygens (including phenoxy) is 2. The van der Waals surface area contributed by atoms with E-state index >= 15 is 0 Å². The van der Waals surface area contributed by atoms with Gasteiger partial charge in [-0.25, -0.2) is 0 Å². The second-order valence-electron chi connectivity index (χ2n) is 4.92. The molecule has 0 atom stereocenters. The van der Waals surface area contributed by atoms with Gasteiger partial charge in [0, 0.05) is 5.41 Å². The van der Waals surface area contributed by atoms with Crippen LogP contribution < -0.4 is 0 Å². The second kappa shape index (κ2) is 3.81. The summed E-state index contributed by atoms with van der Waals surface area (Å²) in [4.78, 5) is 0. The molecule has 0 radical (unpaired) electrons. The summed E-state index contributed by atoms with van der Waals surface area (Å²) < 4.78 is 11.3. The first kappa shape index (κ1) is 10.7. The fourth-order valence-corrected chi connectivity index (χ4v) is 1.23. The Morgan fingerprint density at radius 1 is 1.15 bits per heavy atom. The van der Waals surface area contributed by atoms with Gasteiger partial charge in [0.25, 0.3) is 0 Å². The van der Waals surface area contributed by atoms with Crippen LogP contribution in [0.1, 0.15) is 34.6 Å². The summed E-state index contributed by atoms with van der Waals surface area (Å²) in [5, 5.41) is 0. The molecule has 0 aliphatic carbocycles. The van der Waals surface area contributed by atoms with Crippen molar-refractivity contribution in [3.8, 4) is 0 Å². The van der Waals surface area contributed by atoms with Gasteiger partial charge < -0.3 is 9.47 Å². The molecule has 1 saturated heterocycles. The van der Waals surface area contributed by atoms with Crippen molar-refractivity contribution in [1.82, 2.24) is 0 Å². The van der Waals surface area contributed by atoms with Crippen molar-refractivity contribution in [3.63, 3.8) is 0 Å². The molecule has 1 aliphatic rings. The molecule has 2 heteroatoms. The molecule has 1 fully saturated rings. The van der Waals surface area contributed by atoms with Gasteiger partial charge in [-0.3, -0.25) is 0 Å². The molecule has 0 unspecified atom stereocenters. The van der Waals surface area contributed by atoms with Crippen LogP contribution in [0.2, 0.25) is 0 Å². The van der Waals surface area contributed by atoms with E-state index < -0.39 is 0 Å². The predicted octanol–water partition coefficient (Wildman–Crippen LogP) is 2.74. The highest BCUT2D eigenvalue weighted by atomic mass is 16.7. The zero-order chi connectivity index (χ0) is 10.1. The van der Waals surface area contributed by atoms with E-state index in [9.17, 15) is 0 Å². The maximum absolute atomic E-state index is 5.64. The molecular weight excluding hydrogens is 164 g/mol. The van der Waals surface area contributed by atoms with Crippen LogP contribution in [0.5, 0.6) is 0 Å². The Morgan fingerprint density at radius 3 is 1.92 bits per heavy atom. The minimum absolute atomic E-state index is 0.0596. The van der Waals surface area contributed by atoms with Crippen LogP contribution in [0.4, 0.5) is 0 Å². The molecule has 0 saturated carbocycles. The first-order valence-electron chi connectivity index (χ1n) is 4.79. The van der Waals surface area contributed by atoms with Gasteiger partial charge >= 0.3 is 0 Å². The molecule has 13 heavy (non-hydrogen) atoms. The SMILES string of the molecule is CC(C)=C1COC(C(C)(C)C)OC1. The van der Waals surface area contributed by atoms with Crippen molar-refractivity contribution in [2.45, 2.75) is 40.9 Å². The van der Waals surface area contributed by atoms with E-state index in [0.29, 0.717) is 0 Å². The van der Waals surface area contributed by atoms with Crippen molar-refractivity contribution in [1.29, 1.82) is 0 Å². The van der Waals surface area contributed by atoms with E-state index in [1.165, 1.54) is 11.1 Å². The number of hydrogen-bond donors (Lipinski definition) is 0. The van der Waals surface area contributed by atoms with Gasteiger partial charge in [-0.05, 0) is 19.4 Å². The van der Waals surface area contributed by atoms with E-state index in [4.69, 9.17) is 9.47 Å². The molecule has 1 aliphatic heterocycles. The molecule has 0 aromatic rings. The van der Waals surface area contributed by atoms with Gasteiger partial charge in [0.2, 0.25) is 0 Å². The Labute approximate surface area is 80.9 Å². The molecule has 0 bridgehead atoms. The molecule has 1 heterocycles. The van der Waals surface area contributed by atoms with E-state index in [-0.39, 0.29) is 11.7 Å². The van der Waals surface area contributed by atoms with Crippen molar-refractivity contribution in [3.05, 3.63) is 11.1 Å². The molecule has 0 spiro atoms. The van der Waals surface area contributed by atoms with Crippen molar-refractivity contribution >= 4 is 0 Å². The molecule has 0 N–H and O–H groups in total. The van der Waals surface area contributed by atoms with Crippen LogP contribution in [-0.2, 0) is 9.47 Å². The Hall–Kier alpha value is -0.340. The largest absolute Gasteiger partial charge is 0.348 e. The Morgan fingerprint density at radius 2 is 1.62 bits per heavy atom. The van der Waals surface area contributed by atoms with Crippen molar-refractivity contribution < 1.29 is 9.47 Å². The Kier molecular flexibility index (Phi) is 3.14. The van der Waals surface area contributed by atoms with Gasteiger partial charge in [-0.2, -0.15) is 0 Å². The van der Waals surface area contributed by atoms with Gasteiger partial charge in [0.05, 0.1) is 13.2 Å². The highest BCUT2D eigenvalue weighted by Gasteiger charge is 2.29. The lowest BCUT2D eigenvalue weighted by molar-refractivity contribution is -0.206. The summed E-state index contributed by atoms with van der Waals surface area (Å²) in [5.41, 5.74) is 2.67. The minimum Gasteiger partial charge on any atom is -0.348 e. The molecular formula is C11H20O2. The first-order valence-corrected chi connectivity index (χ1v) is 4.79. The van der Waals surface area contributed by atoms with Crippen LogP contribution >= 0.6 is 0 Å². The molecule has 0 amide bonds. The standard InChI is InChI=1S/C11H20O2/c1-8(2)9-6-12-10(13-7-9)11(3,4)5/h10H,6-7H2,1-5H3. The third kappa shape index (κ3) is 2.82. The third-order valence-electron chi connectivity index (χ3n) is 2.23. The lowest BCUT2D eigenvalue weighted by atomic mass is 9.95. The Bertz CT molecular complexity index is 197. The minimum atomic E-state index is -0.0596. The average molecular weight is 184 g/mol. The second-order valence-corrected chi connectivity index (χ2v) is 4.92. The van der Waals surface area contributed by atoms with Crippen LogP contribution in [0.25, 0.3) is 0 Å². The van der Waals surface area contributed by atoms with E-state index in [1.54, 1.807) is 0 Å². The highest BCUT2D eigenvalue weighted by Crippen LogP contribution is 2.27. The average Bonchev–Trinajstić information content (AvgIpc) is 2.03. The summed E-state index contributed by atoms with van der Waals surface area (Å²) in [6, 6.07) is 0. The van der Waals surface area contributed by atoms with Gasteiger partial charge in [0.1, 0.15) is 0 Å². The van der Waals surface area contributed by atoms with Gasteiger partial charge in [-0.1, -0.05) is 26.3 Å². The topological polar surface area (TPSA) is 18.5 Å². The highest BCUT2D eigenvalue weighted by molar-refractivity contribution is 5.11. The number of hydrogen-bond acceptors (Lipinski definition) is 2. The van der Waals surface area contributed by atoms with E-state index in [2.05, 4.69) is 34.6 Å². The van der Waals surface area contributed by atoms with Crippen LogP contribution in [0, 0.1) is 5.41 Å². The molecule has 2 nitrogen and oxygen atoms in total. The van der Waals surface area contributed by atoms with Crippen LogP contribution in [0.3, 0.4) is 0 Å². The number of allylic oxidation sites excluding steroid dienone is 1. The van der Waals surface area contributed by atoms with Crippen LogP contribution in [0.15, 0.2) is 11.1 Å². The molecule has 1 rings (SSSR count). The molecule has 0 aromatic carbocycles. The van der Waals surface area contributed by atoms with Crippen molar-refractivity contribution in [2.75, 3.05) is 13.2 Å². The normalized spacial score (nSPS) is 24.7. The summed E-state index contributed by atoms with van der Waals surface area (Å²) in [6.45, 7) is 12.0. The van der Waals surface area contributed by atoms with E-state index in [1.807, 2.05) is 0 Å². The fraction of sp³-hybridized carbons (Fsp3) is 0.818. The van der Waals surface area contributed by atoms with E-state index in [0.717, 1.165) is 13.2 Å². The summed E-state index contributed by atoms with van der Waals surface area (Å²) in [6.07, 6.45) is -0.0596.